The highest BCUT2D eigenvalue weighted by atomic mass is 16.2. The molecule has 22 heavy (non-hydrogen) atoms. The Kier molecular flexibility index (Phi) is 4.16. The van der Waals surface area contributed by atoms with Gasteiger partial charge in [0.25, 0.3) is 0 Å². The second-order valence-electron chi connectivity index (χ2n) is 8.29. The number of piperazine rings is 1. The number of carbonyl (C=O) groups excluding carboxylic acids is 1. The Bertz CT molecular complexity index is 405. The minimum Gasteiger partial charge on any atom is -0.339 e. The van der Waals surface area contributed by atoms with Gasteiger partial charge in [0.1, 0.15) is 0 Å². The number of rotatable bonds is 4. The van der Waals surface area contributed by atoms with Gasteiger partial charge >= 0.3 is 0 Å². The first-order valence-corrected chi connectivity index (χ1v) is 9.40. The van der Waals surface area contributed by atoms with Crippen LogP contribution in [0.2, 0.25) is 0 Å². The third kappa shape index (κ3) is 2.92. The minimum atomic E-state index is 0.375. The molecular formula is C18H31N3O. The maximum absolute atomic E-state index is 12.8. The fourth-order valence-electron chi connectivity index (χ4n) is 5.51. The molecule has 4 heteroatoms. The van der Waals surface area contributed by atoms with Gasteiger partial charge in [0.2, 0.25) is 5.91 Å². The standard InChI is InChI=1S/C18H31N3O/c1-19-5-7-20(8-6-19)3-2-4-21-17-12-14-9-15(13-17)11-16(10-14)18(21)22/h14-17H,2-13H2,1H3. The van der Waals surface area contributed by atoms with Crippen molar-refractivity contribution in [3.63, 3.8) is 0 Å². The zero-order valence-electron chi connectivity index (χ0n) is 14.0. The maximum Gasteiger partial charge on any atom is 0.225 e. The molecule has 2 aliphatic carbocycles. The van der Waals surface area contributed by atoms with Crippen LogP contribution in [-0.4, -0.2) is 73.0 Å². The molecule has 5 fully saturated rings. The van der Waals surface area contributed by atoms with Gasteiger partial charge in [-0.3, -0.25) is 4.79 Å². The van der Waals surface area contributed by atoms with E-state index in [0.29, 0.717) is 17.9 Å². The van der Waals surface area contributed by atoms with E-state index in [1.54, 1.807) is 0 Å². The summed E-state index contributed by atoms with van der Waals surface area (Å²) in [4.78, 5) is 20.1. The van der Waals surface area contributed by atoms with E-state index < -0.39 is 0 Å². The normalized spacial score (nSPS) is 39.5. The molecule has 0 aromatic carbocycles. The van der Waals surface area contributed by atoms with Crippen molar-refractivity contribution in [2.45, 2.75) is 44.6 Å². The van der Waals surface area contributed by atoms with E-state index in [1.807, 2.05) is 0 Å². The number of nitrogens with zero attached hydrogens (tertiary/aromatic N) is 3. The molecule has 5 rings (SSSR count). The minimum absolute atomic E-state index is 0.375. The fraction of sp³-hybridized carbons (Fsp3) is 0.944. The third-order valence-corrected chi connectivity index (χ3v) is 6.66. The number of hydrogen-bond acceptors (Lipinski definition) is 3. The van der Waals surface area contributed by atoms with Crippen LogP contribution in [0.4, 0.5) is 0 Å². The average Bonchev–Trinajstić information content (AvgIpc) is 2.64. The molecule has 2 saturated carbocycles. The highest BCUT2D eigenvalue weighted by molar-refractivity contribution is 5.80. The van der Waals surface area contributed by atoms with Crippen molar-refractivity contribution in [1.29, 1.82) is 0 Å². The number of carbonyl (C=O) groups is 1. The Labute approximate surface area is 134 Å². The first kappa shape index (κ1) is 14.9. The van der Waals surface area contributed by atoms with E-state index in [9.17, 15) is 4.79 Å². The van der Waals surface area contributed by atoms with E-state index in [4.69, 9.17) is 0 Å². The van der Waals surface area contributed by atoms with Gasteiger partial charge in [0.15, 0.2) is 0 Å². The number of likely N-dealkylation sites (N-methyl/N-ethyl adjacent to an activating group) is 1. The lowest BCUT2D eigenvalue weighted by atomic mass is 9.68. The van der Waals surface area contributed by atoms with Crippen LogP contribution >= 0.6 is 0 Å². The molecule has 1 amide bonds. The Morgan fingerprint density at radius 3 is 2.27 bits per heavy atom. The molecule has 0 aromatic heterocycles. The van der Waals surface area contributed by atoms with Crippen LogP contribution in [0, 0.1) is 17.8 Å². The topological polar surface area (TPSA) is 26.8 Å². The first-order chi connectivity index (χ1) is 10.7. The third-order valence-electron chi connectivity index (χ3n) is 6.66. The monoisotopic (exact) mass is 305 g/mol. The van der Waals surface area contributed by atoms with Crippen LogP contribution in [0.1, 0.15) is 38.5 Å². The Morgan fingerprint density at radius 2 is 1.59 bits per heavy atom. The highest BCUT2D eigenvalue weighted by Gasteiger charge is 2.46. The average molecular weight is 305 g/mol. The van der Waals surface area contributed by atoms with Gasteiger partial charge in [0.05, 0.1) is 0 Å². The van der Waals surface area contributed by atoms with Crippen LogP contribution < -0.4 is 0 Å². The van der Waals surface area contributed by atoms with E-state index in [2.05, 4.69) is 21.7 Å². The summed E-state index contributed by atoms with van der Waals surface area (Å²) in [7, 11) is 2.21. The number of amides is 1. The van der Waals surface area contributed by atoms with Crippen molar-refractivity contribution in [3.05, 3.63) is 0 Å². The predicted octanol–water partition coefficient (Wildman–Crippen LogP) is 1.66. The van der Waals surface area contributed by atoms with Crippen molar-refractivity contribution in [2.75, 3.05) is 46.3 Å². The molecule has 0 N–H and O–H groups in total. The first-order valence-electron chi connectivity index (χ1n) is 9.40. The molecule has 124 valence electrons. The second kappa shape index (κ2) is 6.12. The smallest absolute Gasteiger partial charge is 0.225 e. The Balaban J connectivity index is 1.31. The van der Waals surface area contributed by atoms with Crippen molar-refractivity contribution in [2.24, 2.45) is 17.8 Å². The van der Waals surface area contributed by atoms with Gasteiger partial charge in [-0.1, -0.05) is 0 Å². The van der Waals surface area contributed by atoms with Crippen LogP contribution in [-0.2, 0) is 4.79 Å². The number of fused-ring (bicyclic) bond motifs is 1. The molecule has 2 atom stereocenters. The predicted molar refractivity (Wildman–Crippen MR) is 87.6 cm³/mol. The molecule has 3 saturated heterocycles. The van der Waals surface area contributed by atoms with Gasteiger partial charge in [0, 0.05) is 44.7 Å². The van der Waals surface area contributed by atoms with Gasteiger partial charge in [-0.05, 0) is 64.0 Å². The molecule has 2 unspecified atom stereocenters. The summed E-state index contributed by atoms with van der Waals surface area (Å²) in [5.74, 6) is 2.59. The van der Waals surface area contributed by atoms with E-state index >= 15 is 0 Å². The highest BCUT2D eigenvalue weighted by Crippen LogP contribution is 2.47. The van der Waals surface area contributed by atoms with Gasteiger partial charge in [-0.25, -0.2) is 0 Å². The summed E-state index contributed by atoms with van der Waals surface area (Å²) in [6, 6.07) is 0.580. The number of hydrogen-bond donors (Lipinski definition) is 0. The maximum atomic E-state index is 12.8. The second-order valence-corrected chi connectivity index (χ2v) is 8.29. The quantitative estimate of drug-likeness (QED) is 0.790. The zero-order valence-corrected chi connectivity index (χ0v) is 14.0. The fourth-order valence-corrected chi connectivity index (χ4v) is 5.51. The molecule has 0 radical (unpaired) electrons. The van der Waals surface area contributed by atoms with Crippen LogP contribution in [0.25, 0.3) is 0 Å². The largest absolute Gasteiger partial charge is 0.339 e. The van der Waals surface area contributed by atoms with Crippen LogP contribution in [0.3, 0.4) is 0 Å². The van der Waals surface area contributed by atoms with Crippen molar-refractivity contribution in [1.82, 2.24) is 14.7 Å². The molecule has 5 aliphatic rings. The zero-order chi connectivity index (χ0) is 15.1. The summed E-state index contributed by atoms with van der Waals surface area (Å²) in [5, 5.41) is 0. The van der Waals surface area contributed by atoms with E-state index in [-0.39, 0.29) is 0 Å². The van der Waals surface area contributed by atoms with Crippen LogP contribution in [0.5, 0.6) is 0 Å². The summed E-state index contributed by atoms with van der Waals surface area (Å²) < 4.78 is 0. The Hall–Kier alpha value is -0.610. The van der Waals surface area contributed by atoms with Crippen LogP contribution in [0.15, 0.2) is 0 Å². The molecular weight excluding hydrogens is 274 g/mol. The summed E-state index contributed by atoms with van der Waals surface area (Å²) in [6.07, 6.45) is 7.56. The van der Waals surface area contributed by atoms with Crippen molar-refractivity contribution < 1.29 is 4.79 Å². The van der Waals surface area contributed by atoms with Gasteiger partial charge in [-0.15, -0.1) is 0 Å². The molecule has 3 aliphatic heterocycles. The lowest BCUT2D eigenvalue weighted by molar-refractivity contribution is -0.136. The summed E-state index contributed by atoms with van der Waals surface area (Å²) in [5.41, 5.74) is 0. The molecule has 4 bridgehead atoms. The van der Waals surface area contributed by atoms with E-state index in [1.165, 1.54) is 64.8 Å². The summed E-state index contributed by atoms with van der Waals surface area (Å²) >= 11 is 0. The molecule has 0 aromatic rings. The lowest BCUT2D eigenvalue weighted by Crippen LogP contribution is -2.46. The van der Waals surface area contributed by atoms with Gasteiger partial charge in [-0.2, -0.15) is 0 Å². The van der Waals surface area contributed by atoms with E-state index in [0.717, 1.165) is 24.8 Å². The molecule has 0 spiro atoms. The lowest BCUT2D eigenvalue weighted by Gasteiger charge is -2.39. The van der Waals surface area contributed by atoms with Crippen molar-refractivity contribution in [3.8, 4) is 0 Å². The Morgan fingerprint density at radius 1 is 0.909 bits per heavy atom. The SMILES string of the molecule is CN1CCN(CCCN2C(=O)C3CC4CC(C3)CC2C4)CC1. The summed E-state index contributed by atoms with van der Waals surface area (Å²) in [6.45, 7) is 6.95. The van der Waals surface area contributed by atoms with Crippen molar-refractivity contribution >= 4 is 5.91 Å². The molecule has 3 heterocycles. The van der Waals surface area contributed by atoms with Gasteiger partial charge < -0.3 is 14.7 Å². The molecule has 4 nitrogen and oxygen atoms in total.